The third-order valence-corrected chi connectivity index (χ3v) is 12.1. The van der Waals surface area contributed by atoms with Gasteiger partial charge in [0.15, 0.2) is 6.10 Å². The first kappa shape index (κ1) is 60.6. The van der Waals surface area contributed by atoms with Crippen molar-refractivity contribution in [3.63, 3.8) is 0 Å². The van der Waals surface area contributed by atoms with Crippen LogP contribution in [-0.2, 0) is 28.6 Å². The van der Waals surface area contributed by atoms with Crippen LogP contribution in [0.4, 0.5) is 0 Å². The van der Waals surface area contributed by atoms with E-state index in [1.165, 1.54) is 154 Å². The van der Waals surface area contributed by atoms with Gasteiger partial charge in [-0.25, -0.2) is 0 Å². The highest BCUT2D eigenvalue weighted by atomic mass is 16.6. The van der Waals surface area contributed by atoms with Gasteiger partial charge in [0, 0.05) is 19.3 Å². The highest BCUT2D eigenvalue weighted by Gasteiger charge is 2.19. The summed E-state index contributed by atoms with van der Waals surface area (Å²) in [5, 5.41) is 0. The van der Waals surface area contributed by atoms with Crippen LogP contribution >= 0.6 is 0 Å². The second-order valence-corrected chi connectivity index (χ2v) is 18.5. The number of esters is 3. The average Bonchev–Trinajstić information content (AvgIpc) is 3.28. The molecule has 6 nitrogen and oxygen atoms in total. The molecule has 1 atom stereocenters. The Balaban J connectivity index is 4.28. The minimum atomic E-state index is -0.779. The van der Waals surface area contributed by atoms with Gasteiger partial charge in [0.05, 0.1) is 0 Å². The van der Waals surface area contributed by atoms with Gasteiger partial charge in [-0.1, -0.05) is 237 Å². The summed E-state index contributed by atoms with van der Waals surface area (Å²) >= 11 is 0. The first-order chi connectivity index (χ1) is 31.0. The minimum Gasteiger partial charge on any atom is -0.462 e. The van der Waals surface area contributed by atoms with E-state index in [9.17, 15) is 14.4 Å². The van der Waals surface area contributed by atoms with E-state index in [1.807, 2.05) is 0 Å². The largest absolute Gasteiger partial charge is 0.462 e. The maximum atomic E-state index is 12.8. The number of ether oxygens (including phenoxy) is 3. The fraction of sp³-hybridized carbons (Fsp3) is 0.842. The van der Waals surface area contributed by atoms with E-state index < -0.39 is 6.10 Å². The maximum absolute atomic E-state index is 12.8. The van der Waals surface area contributed by atoms with Crippen LogP contribution in [-0.4, -0.2) is 37.2 Å². The second kappa shape index (κ2) is 52.3. The van der Waals surface area contributed by atoms with Gasteiger partial charge in [-0.3, -0.25) is 14.4 Å². The molecule has 0 aliphatic heterocycles. The van der Waals surface area contributed by atoms with Gasteiger partial charge in [0.2, 0.25) is 0 Å². The predicted molar refractivity (Wildman–Crippen MR) is 270 cm³/mol. The summed E-state index contributed by atoms with van der Waals surface area (Å²) in [6.07, 6.45) is 61.4. The molecule has 0 amide bonds. The maximum Gasteiger partial charge on any atom is 0.306 e. The molecule has 0 fully saturated rings. The fourth-order valence-corrected chi connectivity index (χ4v) is 7.95. The Labute approximate surface area is 391 Å². The van der Waals surface area contributed by atoms with Crippen LogP contribution in [0.3, 0.4) is 0 Å². The molecule has 1 unspecified atom stereocenters. The van der Waals surface area contributed by atoms with E-state index >= 15 is 0 Å². The number of hydrogen-bond donors (Lipinski definition) is 0. The van der Waals surface area contributed by atoms with Crippen LogP contribution in [0.25, 0.3) is 0 Å². The molecule has 0 N–H and O–H groups in total. The van der Waals surface area contributed by atoms with Gasteiger partial charge in [0.1, 0.15) is 13.2 Å². The Hall–Kier alpha value is -2.37. The predicted octanol–water partition coefficient (Wildman–Crippen LogP) is 18.1. The number of rotatable bonds is 50. The van der Waals surface area contributed by atoms with Crippen LogP contribution in [0.1, 0.15) is 290 Å². The van der Waals surface area contributed by atoms with E-state index in [0.29, 0.717) is 19.3 Å². The molecule has 0 heterocycles. The first-order valence-corrected chi connectivity index (χ1v) is 27.5. The lowest BCUT2D eigenvalue weighted by molar-refractivity contribution is -0.167. The van der Waals surface area contributed by atoms with Crippen molar-refractivity contribution in [2.75, 3.05) is 13.2 Å². The molecule has 0 aliphatic rings. The van der Waals surface area contributed by atoms with Crippen molar-refractivity contribution in [1.29, 1.82) is 0 Å². The van der Waals surface area contributed by atoms with E-state index in [0.717, 1.165) is 96.3 Å². The molecule has 0 saturated carbocycles. The van der Waals surface area contributed by atoms with Crippen molar-refractivity contribution in [3.05, 3.63) is 36.5 Å². The Morgan fingerprint density at radius 2 is 0.603 bits per heavy atom. The molecule has 0 bridgehead atoms. The average molecular weight is 885 g/mol. The summed E-state index contributed by atoms with van der Waals surface area (Å²) in [5.41, 5.74) is 0. The quantitative estimate of drug-likeness (QED) is 0.0262. The lowest BCUT2D eigenvalue weighted by Crippen LogP contribution is -2.30. The Bertz CT molecular complexity index is 1060. The van der Waals surface area contributed by atoms with Gasteiger partial charge >= 0.3 is 17.9 Å². The van der Waals surface area contributed by atoms with Crippen LogP contribution in [0, 0.1) is 0 Å². The normalized spacial score (nSPS) is 12.2. The summed E-state index contributed by atoms with van der Waals surface area (Å²) in [4.78, 5) is 38.0. The Morgan fingerprint density at radius 1 is 0.317 bits per heavy atom. The molecule has 0 aromatic rings. The molecule has 0 aromatic carbocycles. The fourth-order valence-electron chi connectivity index (χ4n) is 7.95. The molecular formula is C57H104O6. The molecule has 0 spiro atoms. The van der Waals surface area contributed by atoms with Gasteiger partial charge < -0.3 is 14.2 Å². The Morgan fingerprint density at radius 3 is 0.984 bits per heavy atom. The lowest BCUT2D eigenvalue weighted by atomic mass is 10.0. The van der Waals surface area contributed by atoms with Crippen LogP contribution in [0.2, 0.25) is 0 Å². The molecule has 0 aromatic heterocycles. The van der Waals surface area contributed by atoms with E-state index in [4.69, 9.17) is 14.2 Å². The van der Waals surface area contributed by atoms with Crippen molar-refractivity contribution in [2.24, 2.45) is 0 Å². The number of carbonyl (C=O) groups is 3. The number of unbranched alkanes of at least 4 members (excludes halogenated alkanes) is 33. The third kappa shape index (κ3) is 50.5. The number of carbonyl (C=O) groups excluding carboxylic acids is 3. The monoisotopic (exact) mass is 885 g/mol. The molecule has 6 heteroatoms. The highest BCUT2D eigenvalue weighted by Crippen LogP contribution is 2.16. The zero-order valence-corrected chi connectivity index (χ0v) is 42.1. The van der Waals surface area contributed by atoms with E-state index in [-0.39, 0.29) is 31.1 Å². The van der Waals surface area contributed by atoms with Crippen LogP contribution in [0.15, 0.2) is 36.5 Å². The standard InChI is InChI=1S/C57H104O6/c1-4-7-10-13-16-19-22-25-26-27-28-29-30-31-33-35-38-41-44-47-50-56(59)62-53-54(52-61-55(58)49-46-43-40-37-34-24-21-18-15-12-9-6-3)63-57(60)51-48-45-42-39-36-32-23-20-17-14-11-8-5-2/h11,14,18,20-21,23,54H,4-10,12-13,15-17,19,22,24-53H2,1-3H3/b14-11-,21-18-,23-20-. The summed E-state index contributed by atoms with van der Waals surface area (Å²) in [6, 6.07) is 0. The molecule has 0 radical (unpaired) electrons. The third-order valence-electron chi connectivity index (χ3n) is 12.1. The summed E-state index contributed by atoms with van der Waals surface area (Å²) in [5.74, 6) is -0.889. The summed E-state index contributed by atoms with van der Waals surface area (Å²) in [6.45, 7) is 6.56. The summed E-state index contributed by atoms with van der Waals surface area (Å²) < 4.78 is 16.8. The highest BCUT2D eigenvalue weighted by molar-refractivity contribution is 5.71. The van der Waals surface area contributed by atoms with Crippen LogP contribution < -0.4 is 0 Å². The molecule has 0 saturated heterocycles. The van der Waals surface area contributed by atoms with Gasteiger partial charge in [0.25, 0.3) is 0 Å². The topological polar surface area (TPSA) is 78.9 Å². The molecule has 0 rings (SSSR count). The molecule has 0 aliphatic carbocycles. The minimum absolute atomic E-state index is 0.0774. The lowest BCUT2D eigenvalue weighted by Gasteiger charge is -2.18. The second-order valence-electron chi connectivity index (χ2n) is 18.5. The van der Waals surface area contributed by atoms with Crippen molar-refractivity contribution < 1.29 is 28.6 Å². The van der Waals surface area contributed by atoms with E-state index in [1.54, 1.807) is 0 Å². The zero-order valence-electron chi connectivity index (χ0n) is 42.1. The smallest absolute Gasteiger partial charge is 0.306 e. The molecule has 63 heavy (non-hydrogen) atoms. The van der Waals surface area contributed by atoms with Gasteiger partial charge in [-0.05, 0) is 70.6 Å². The zero-order chi connectivity index (χ0) is 45.8. The number of hydrogen-bond acceptors (Lipinski definition) is 6. The van der Waals surface area contributed by atoms with Crippen molar-refractivity contribution in [2.45, 2.75) is 297 Å². The van der Waals surface area contributed by atoms with Gasteiger partial charge in [-0.15, -0.1) is 0 Å². The van der Waals surface area contributed by atoms with Crippen LogP contribution in [0.5, 0.6) is 0 Å². The van der Waals surface area contributed by atoms with Crippen molar-refractivity contribution in [3.8, 4) is 0 Å². The van der Waals surface area contributed by atoms with Crippen molar-refractivity contribution in [1.82, 2.24) is 0 Å². The molecular weight excluding hydrogens is 781 g/mol. The van der Waals surface area contributed by atoms with Gasteiger partial charge in [-0.2, -0.15) is 0 Å². The number of allylic oxidation sites excluding steroid dienone is 6. The summed E-state index contributed by atoms with van der Waals surface area (Å²) in [7, 11) is 0. The van der Waals surface area contributed by atoms with Crippen molar-refractivity contribution >= 4 is 17.9 Å². The van der Waals surface area contributed by atoms with E-state index in [2.05, 4.69) is 57.2 Å². The molecule has 368 valence electrons. The SMILES string of the molecule is CCC/C=C\C/C=C\CCCCCCCC(=O)OC(COC(=O)CCCCCCC/C=C\CCCCC)COC(=O)CCCCCCCCCCCCCCCCCCCCCC. The Kier molecular flexibility index (Phi) is 50.3. The first-order valence-electron chi connectivity index (χ1n) is 27.5.